The Hall–Kier alpha value is -1.92. The van der Waals surface area contributed by atoms with Gasteiger partial charge in [-0.25, -0.2) is 5.48 Å². The van der Waals surface area contributed by atoms with Crippen LogP contribution >= 0.6 is 0 Å². The lowest BCUT2D eigenvalue weighted by Crippen LogP contribution is -2.64. The second kappa shape index (κ2) is 5.61. The molecule has 0 spiro atoms. The van der Waals surface area contributed by atoms with Gasteiger partial charge < -0.3 is 10.4 Å². The van der Waals surface area contributed by atoms with E-state index in [1.165, 1.54) is 0 Å². The molecule has 3 N–H and O–H groups in total. The van der Waals surface area contributed by atoms with E-state index in [-0.39, 0.29) is 13.2 Å². The molecule has 0 saturated carbocycles. The second-order valence-electron chi connectivity index (χ2n) is 4.02. The Bertz CT molecular complexity index is 435. The fraction of sp³-hybridized carbons (Fsp3) is 0.333. The number of carbonyl (C=O) groups excluding carboxylic acids is 2. The molecule has 2 rings (SSSR count). The van der Waals surface area contributed by atoms with Gasteiger partial charge in [-0.2, -0.15) is 0 Å². The summed E-state index contributed by atoms with van der Waals surface area (Å²) in [5.41, 5.74) is 3.13. The first-order valence-electron chi connectivity index (χ1n) is 5.59. The van der Waals surface area contributed by atoms with E-state index in [0.29, 0.717) is 0 Å². The maximum atomic E-state index is 11.6. The minimum Gasteiger partial charge on any atom is -0.394 e. The van der Waals surface area contributed by atoms with E-state index in [1.54, 1.807) is 0 Å². The summed E-state index contributed by atoms with van der Waals surface area (Å²) in [6, 6.07) is 8.81. The summed E-state index contributed by atoms with van der Waals surface area (Å²) in [6.45, 7) is -0.0345. The lowest BCUT2D eigenvalue weighted by molar-refractivity contribution is -0.153. The number of β-lactam (4-membered cyclic amide) rings is 1. The van der Waals surface area contributed by atoms with E-state index in [1.807, 2.05) is 30.3 Å². The molecule has 6 nitrogen and oxygen atoms in total. The van der Waals surface area contributed by atoms with E-state index in [9.17, 15) is 9.59 Å². The largest absolute Gasteiger partial charge is 0.394 e. The quantitative estimate of drug-likeness (QED) is 0.368. The van der Waals surface area contributed by atoms with Crippen LogP contribution in [-0.2, 0) is 21.0 Å². The molecular weight excluding hydrogens is 236 g/mol. The van der Waals surface area contributed by atoms with E-state index in [2.05, 4.69) is 10.8 Å². The zero-order valence-corrected chi connectivity index (χ0v) is 9.63. The van der Waals surface area contributed by atoms with Gasteiger partial charge in [0.1, 0.15) is 5.92 Å². The predicted molar refractivity (Wildman–Crippen MR) is 61.9 cm³/mol. The molecule has 0 radical (unpaired) electrons. The van der Waals surface area contributed by atoms with Gasteiger partial charge in [-0.1, -0.05) is 30.3 Å². The second-order valence-corrected chi connectivity index (χ2v) is 4.02. The molecule has 1 fully saturated rings. The summed E-state index contributed by atoms with van der Waals surface area (Å²) in [5.74, 6) is -1.80. The molecular formula is C12H14N2O4. The number of hydrogen-bond donors (Lipinski definition) is 3. The van der Waals surface area contributed by atoms with Gasteiger partial charge in [-0.15, -0.1) is 0 Å². The van der Waals surface area contributed by atoms with E-state index in [4.69, 9.17) is 9.94 Å². The molecule has 1 aromatic carbocycles. The molecule has 96 valence electrons. The highest BCUT2D eigenvalue weighted by molar-refractivity contribution is 6.05. The van der Waals surface area contributed by atoms with Crippen molar-refractivity contribution in [3.05, 3.63) is 35.9 Å². The molecule has 1 aromatic rings. The van der Waals surface area contributed by atoms with Crippen molar-refractivity contribution in [2.75, 3.05) is 6.61 Å². The SMILES string of the molecule is O=C(NOCc1ccccc1)C1C(=O)NC1CO. The molecule has 6 heteroatoms. The molecule has 0 aromatic heterocycles. The van der Waals surface area contributed by atoms with Crippen LogP contribution < -0.4 is 10.8 Å². The van der Waals surface area contributed by atoms with Gasteiger partial charge in [0.05, 0.1) is 19.3 Å². The van der Waals surface area contributed by atoms with Crippen LogP contribution in [0.2, 0.25) is 0 Å². The standard InChI is InChI=1S/C12H14N2O4/c15-6-9-10(11(16)13-9)12(17)14-18-7-8-4-2-1-3-5-8/h1-5,9-10,15H,6-7H2,(H,13,16)(H,14,17). The van der Waals surface area contributed by atoms with Crippen molar-refractivity contribution in [2.45, 2.75) is 12.6 Å². The minimum atomic E-state index is -0.870. The van der Waals surface area contributed by atoms with E-state index >= 15 is 0 Å². The molecule has 2 unspecified atom stereocenters. The number of nitrogens with one attached hydrogen (secondary N) is 2. The van der Waals surface area contributed by atoms with Gasteiger partial charge >= 0.3 is 0 Å². The first-order chi connectivity index (χ1) is 8.72. The molecule has 1 saturated heterocycles. The van der Waals surface area contributed by atoms with Crippen molar-refractivity contribution in [1.29, 1.82) is 0 Å². The van der Waals surface area contributed by atoms with Gasteiger partial charge in [-0.05, 0) is 5.56 Å². The zero-order chi connectivity index (χ0) is 13.0. The van der Waals surface area contributed by atoms with Crippen LogP contribution in [0.4, 0.5) is 0 Å². The number of aliphatic hydroxyl groups is 1. The van der Waals surface area contributed by atoms with Crippen molar-refractivity contribution in [1.82, 2.24) is 10.8 Å². The number of benzene rings is 1. The van der Waals surface area contributed by atoms with Gasteiger partial charge in [0.25, 0.3) is 5.91 Å². The molecule has 2 atom stereocenters. The van der Waals surface area contributed by atoms with Crippen LogP contribution in [0.5, 0.6) is 0 Å². The number of hydrogen-bond acceptors (Lipinski definition) is 4. The highest BCUT2D eigenvalue weighted by Crippen LogP contribution is 2.14. The molecule has 1 aliphatic rings. The number of aliphatic hydroxyl groups excluding tert-OH is 1. The average molecular weight is 250 g/mol. The van der Waals surface area contributed by atoms with Crippen LogP contribution in [0.3, 0.4) is 0 Å². The lowest BCUT2D eigenvalue weighted by atomic mass is 9.90. The summed E-state index contributed by atoms with van der Waals surface area (Å²) in [5, 5.41) is 11.3. The Morgan fingerprint density at radius 2 is 2.11 bits per heavy atom. The smallest absolute Gasteiger partial charge is 0.258 e. The number of hydroxylamine groups is 1. The normalized spacial score (nSPS) is 21.9. The fourth-order valence-corrected chi connectivity index (χ4v) is 1.72. The maximum absolute atomic E-state index is 11.6. The Balaban J connectivity index is 1.77. The first kappa shape index (κ1) is 12.5. The Morgan fingerprint density at radius 1 is 1.39 bits per heavy atom. The summed E-state index contributed by atoms with van der Waals surface area (Å²) in [4.78, 5) is 27.7. The molecule has 1 heterocycles. The van der Waals surface area contributed by atoms with Crippen molar-refractivity contribution in [2.24, 2.45) is 5.92 Å². The van der Waals surface area contributed by atoms with Crippen molar-refractivity contribution >= 4 is 11.8 Å². The molecule has 0 aliphatic carbocycles. The van der Waals surface area contributed by atoms with E-state index in [0.717, 1.165) is 5.56 Å². The maximum Gasteiger partial charge on any atom is 0.258 e. The van der Waals surface area contributed by atoms with Crippen molar-refractivity contribution < 1.29 is 19.5 Å². The third kappa shape index (κ3) is 2.66. The summed E-state index contributed by atoms with van der Waals surface area (Å²) >= 11 is 0. The molecule has 18 heavy (non-hydrogen) atoms. The minimum absolute atomic E-state index is 0.227. The van der Waals surface area contributed by atoms with Gasteiger partial charge in [0.2, 0.25) is 5.91 Å². The molecule has 2 amide bonds. The first-order valence-corrected chi connectivity index (χ1v) is 5.59. The van der Waals surface area contributed by atoms with Crippen molar-refractivity contribution in [3.63, 3.8) is 0 Å². The van der Waals surface area contributed by atoms with Crippen LogP contribution in [0, 0.1) is 5.92 Å². The molecule has 0 bridgehead atoms. The van der Waals surface area contributed by atoms with Crippen LogP contribution in [-0.4, -0.2) is 29.6 Å². The highest BCUT2D eigenvalue weighted by Gasteiger charge is 2.44. The fourth-order valence-electron chi connectivity index (χ4n) is 1.72. The molecule has 1 aliphatic heterocycles. The van der Waals surface area contributed by atoms with E-state index < -0.39 is 23.8 Å². The number of rotatable bonds is 5. The monoisotopic (exact) mass is 250 g/mol. The van der Waals surface area contributed by atoms with Gasteiger partial charge in [0, 0.05) is 0 Å². The predicted octanol–water partition coefficient (Wildman–Crippen LogP) is -0.659. The van der Waals surface area contributed by atoms with Crippen molar-refractivity contribution in [3.8, 4) is 0 Å². The summed E-state index contributed by atoms with van der Waals surface area (Å²) < 4.78 is 0. The van der Waals surface area contributed by atoms with Crippen LogP contribution in [0.15, 0.2) is 30.3 Å². The lowest BCUT2D eigenvalue weighted by Gasteiger charge is -2.33. The van der Waals surface area contributed by atoms with Crippen LogP contribution in [0.1, 0.15) is 5.56 Å². The summed E-state index contributed by atoms with van der Waals surface area (Å²) in [6.07, 6.45) is 0. The van der Waals surface area contributed by atoms with Crippen LogP contribution in [0.25, 0.3) is 0 Å². The number of carbonyl (C=O) groups is 2. The summed E-state index contributed by atoms with van der Waals surface area (Å²) in [7, 11) is 0. The highest BCUT2D eigenvalue weighted by atomic mass is 16.6. The third-order valence-electron chi connectivity index (χ3n) is 2.75. The van der Waals surface area contributed by atoms with Gasteiger partial charge in [0.15, 0.2) is 0 Å². The topological polar surface area (TPSA) is 87.7 Å². The Kier molecular flexibility index (Phi) is 3.91. The third-order valence-corrected chi connectivity index (χ3v) is 2.75. The Morgan fingerprint density at radius 3 is 2.72 bits per heavy atom. The zero-order valence-electron chi connectivity index (χ0n) is 9.63. The van der Waals surface area contributed by atoms with Gasteiger partial charge in [-0.3, -0.25) is 14.4 Å². The Labute approximate surface area is 104 Å². The average Bonchev–Trinajstić information content (AvgIpc) is 2.37. The number of amides is 2.